The lowest BCUT2D eigenvalue weighted by Crippen LogP contribution is -2.21. The molecule has 0 unspecified atom stereocenters. The fourth-order valence-corrected chi connectivity index (χ4v) is 2.75. The van der Waals surface area contributed by atoms with Gasteiger partial charge >= 0.3 is 0 Å². The minimum absolute atomic E-state index is 0.299. The number of ether oxygens (including phenoxy) is 1. The van der Waals surface area contributed by atoms with Gasteiger partial charge in [0.15, 0.2) is 0 Å². The number of nitrogens with one attached hydrogen (secondary N) is 1. The summed E-state index contributed by atoms with van der Waals surface area (Å²) in [5.41, 5.74) is 2.21. The van der Waals surface area contributed by atoms with Gasteiger partial charge in [-0.25, -0.2) is 4.39 Å². The fraction of sp³-hybridized carbons (Fsp3) is 0.118. The second-order valence-corrected chi connectivity index (χ2v) is 5.35. The lowest BCUT2D eigenvalue weighted by Gasteiger charge is -2.23. The molecule has 24 heavy (non-hydrogen) atoms. The molecule has 0 amide bonds. The first kappa shape index (κ1) is 14.4. The summed E-state index contributed by atoms with van der Waals surface area (Å²) in [6.07, 6.45) is 1.90. The molecular weight excluding hydrogens is 309 g/mol. The molecule has 0 saturated heterocycles. The molecular formula is C17H14FN5O. The number of halogens is 1. The quantitative estimate of drug-likeness (QED) is 0.803. The SMILES string of the molecule is COc1cccc(C2=C[C@@H](c3ccccc3F)n3nnnc3N2)c1. The van der Waals surface area contributed by atoms with Crippen molar-refractivity contribution in [2.75, 3.05) is 12.4 Å². The second-order valence-electron chi connectivity index (χ2n) is 5.35. The van der Waals surface area contributed by atoms with Crippen LogP contribution in [0.3, 0.4) is 0 Å². The van der Waals surface area contributed by atoms with Crippen LogP contribution in [0.25, 0.3) is 5.70 Å². The average Bonchev–Trinajstić information content (AvgIpc) is 3.10. The van der Waals surface area contributed by atoms with Crippen molar-refractivity contribution >= 4 is 11.6 Å². The van der Waals surface area contributed by atoms with Gasteiger partial charge < -0.3 is 10.1 Å². The second kappa shape index (κ2) is 5.77. The van der Waals surface area contributed by atoms with E-state index in [2.05, 4.69) is 20.8 Å². The predicted octanol–water partition coefficient (Wildman–Crippen LogP) is 2.88. The van der Waals surface area contributed by atoms with Crippen LogP contribution in [-0.4, -0.2) is 27.3 Å². The highest BCUT2D eigenvalue weighted by molar-refractivity contribution is 5.77. The standard InChI is InChI=1S/C17H14FN5O/c1-24-12-6-4-5-11(9-12)15-10-16(13-7-2-3-8-14(13)18)23-17(19-15)20-21-22-23/h2-10,16H,1H3,(H,19,20,22)/t16-/m0/s1. The number of benzene rings is 2. The van der Waals surface area contributed by atoms with E-state index in [1.165, 1.54) is 6.07 Å². The topological polar surface area (TPSA) is 64.9 Å². The summed E-state index contributed by atoms with van der Waals surface area (Å²) in [7, 11) is 1.62. The highest BCUT2D eigenvalue weighted by Gasteiger charge is 2.26. The number of hydrogen-bond donors (Lipinski definition) is 1. The molecule has 120 valence electrons. The van der Waals surface area contributed by atoms with Crippen LogP contribution in [0.4, 0.5) is 10.3 Å². The molecule has 6 nitrogen and oxygen atoms in total. The number of anilines is 1. The predicted molar refractivity (Wildman–Crippen MR) is 86.9 cm³/mol. The molecule has 3 aromatic rings. The van der Waals surface area contributed by atoms with Crippen molar-refractivity contribution in [2.24, 2.45) is 0 Å². The molecule has 0 saturated carbocycles. The van der Waals surface area contributed by atoms with Gasteiger partial charge in [0.25, 0.3) is 0 Å². The number of hydrogen-bond acceptors (Lipinski definition) is 5. The van der Waals surface area contributed by atoms with Crippen molar-refractivity contribution < 1.29 is 9.13 Å². The summed E-state index contributed by atoms with van der Waals surface area (Å²) in [4.78, 5) is 0. The largest absolute Gasteiger partial charge is 0.497 e. The normalized spacial score (nSPS) is 16.1. The van der Waals surface area contributed by atoms with Crippen LogP contribution < -0.4 is 10.1 Å². The highest BCUT2D eigenvalue weighted by Crippen LogP contribution is 2.33. The summed E-state index contributed by atoms with van der Waals surface area (Å²) in [6.45, 7) is 0. The Labute approximate surface area is 137 Å². The minimum atomic E-state index is -0.432. The van der Waals surface area contributed by atoms with Crippen molar-refractivity contribution in [3.8, 4) is 5.75 Å². The number of methoxy groups -OCH3 is 1. The Morgan fingerprint density at radius 2 is 2.04 bits per heavy atom. The van der Waals surface area contributed by atoms with Gasteiger partial charge in [-0.3, -0.25) is 0 Å². The van der Waals surface area contributed by atoms with E-state index < -0.39 is 6.04 Å². The van der Waals surface area contributed by atoms with Crippen LogP contribution in [0, 0.1) is 5.82 Å². The molecule has 0 radical (unpaired) electrons. The van der Waals surface area contributed by atoms with Crippen LogP contribution in [0.15, 0.2) is 54.6 Å². The van der Waals surface area contributed by atoms with Crippen molar-refractivity contribution in [2.45, 2.75) is 6.04 Å². The molecule has 0 aliphatic carbocycles. The van der Waals surface area contributed by atoms with Gasteiger partial charge in [0.1, 0.15) is 17.6 Å². The summed E-state index contributed by atoms with van der Waals surface area (Å²) in [5.74, 6) is 0.901. The molecule has 7 heteroatoms. The number of rotatable bonds is 3. The Morgan fingerprint density at radius 3 is 2.88 bits per heavy atom. The van der Waals surface area contributed by atoms with Gasteiger partial charge in [0.05, 0.1) is 7.11 Å². The Kier molecular flexibility index (Phi) is 3.45. The van der Waals surface area contributed by atoms with Gasteiger partial charge in [-0.15, -0.1) is 0 Å². The number of aromatic nitrogens is 4. The summed E-state index contributed by atoms with van der Waals surface area (Å²) < 4.78 is 21.1. The zero-order valence-corrected chi connectivity index (χ0v) is 12.8. The molecule has 2 heterocycles. The first-order valence-corrected chi connectivity index (χ1v) is 7.42. The molecule has 0 bridgehead atoms. The molecule has 0 fully saturated rings. The maximum absolute atomic E-state index is 14.3. The average molecular weight is 323 g/mol. The Hall–Kier alpha value is -3.22. The van der Waals surface area contributed by atoms with Crippen LogP contribution in [-0.2, 0) is 0 Å². The fourth-order valence-electron chi connectivity index (χ4n) is 2.75. The lowest BCUT2D eigenvalue weighted by atomic mass is 10.0. The zero-order chi connectivity index (χ0) is 16.5. The van der Waals surface area contributed by atoms with Gasteiger partial charge in [0.2, 0.25) is 5.95 Å². The number of nitrogens with zero attached hydrogens (tertiary/aromatic N) is 4. The molecule has 2 aromatic carbocycles. The number of tetrazole rings is 1. The van der Waals surface area contributed by atoms with Crippen molar-refractivity contribution in [3.05, 3.63) is 71.6 Å². The minimum Gasteiger partial charge on any atom is -0.497 e. The van der Waals surface area contributed by atoms with E-state index in [0.29, 0.717) is 11.5 Å². The van der Waals surface area contributed by atoms with E-state index in [1.807, 2.05) is 30.3 Å². The summed E-state index contributed by atoms with van der Waals surface area (Å²) in [5, 5.41) is 14.8. The first-order chi connectivity index (χ1) is 11.8. The molecule has 0 spiro atoms. The molecule has 4 rings (SSSR count). The Balaban J connectivity index is 1.83. The van der Waals surface area contributed by atoms with Crippen molar-refractivity contribution in [1.82, 2.24) is 20.2 Å². The van der Waals surface area contributed by atoms with Crippen molar-refractivity contribution in [3.63, 3.8) is 0 Å². The van der Waals surface area contributed by atoms with Gasteiger partial charge in [0, 0.05) is 16.8 Å². The van der Waals surface area contributed by atoms with E-state index in [4.69, 9.17) is 4.74 Å². The van der Waals surface area contributed by atoms with E-state index in [0.717, 1.165) is 17.0 Å². The smallest absolute Gasteiger partial charge is 0.248 e. The third-order valence-corrected chi connectivity index (χ3v) is 3.93. The monoisotopic (exact) mass is 323 g/mol. The van der Waals surface area contributed by atoms with Crippen molar-refractivity contribution in [1.29, 1.82) is 0 Å². The Morgan fingerprint density at radius 1 is 1.17 bits per heavy atom. The van der Waals surface area contributed by atoms with Crippen LogP contribution in [0.5, 0.6) is 5.75 Å². The maximum atomic E-state index is 14.3. The van der Waals surface area contributed by atoms with E-state index >= 15 is 0 Å². The third kappa shape index (κ3) is 2.40. The zero-order valence-electron chi connectivity index (χ0n) is 12.8. The van der Waals surface area contributed by atoms with Gasteiger partial charge in [-0.1, -0.05) is 35.4 Å². The summed E-state index contributed by atoms with van der Waals surface area (Å²) in [6, 6.07) is 13.8. The van der Waals surface area contributed by atoms with Gasteiger partial charge in [-0.05, 0) is 34.7 Å². The van der Waals surface area contributed by atoms with E-state index in [-0.39, 0.29) is 5.82 Å². The lowest BCUT2D eigenvalue weighted by molar-refractivity contribution is 0.414. The summed E-state index contributed by atoms with van der Waals surface area (Å²) >= 11 is 0. The highest BCUT2D eigenvalue weighted by atomic mass is 19.1. The third-order valence-electron chi connectivity index (χ3n) is 3.93. The van der Waals surface area contributed by atoms with Crippen LogP contribution in [0.2, 0.25) is 0 Å². The van der Waals surface area contributed by atoms with Gasteiger partial charge in [-0.2, -0.15) is 4.68 Å². The number of fused-ring (bicyclic) bond motifs is 1. The molecule has 1 aliphatic rings. The molecule has 1 aliphatic heterocycles. The van der Waals surface area contributed by atoms with E-state index in [9.17, 15) is 4.39 Å². The van der Waals surface area contributed by atoms with Crippen LogP contribution >= 0.6 is 0 Å². The number of allylic oxidation sites excluding steroid dienone is 1. The molecule has 1 aromatic heterocycles. The van der Waals surface area contributed by atoms with E-state index in [1.54, 1.807) is 30.0 Å². The van der Waals surface area contributed by atoms with Crippen LogP contribution in [0.1, 0.15) is 17.2 Å². The molecule has 1 N–H and O–H groups in total. The first-order valence-electron chi connectivity index (χ1n) is 7.42. The maximum Gasteiger partial charge on any atom is 0.248 e. The Bertz CT molecular complexity index is 921. The molecule has 1 atom stereocenters.